The van der Waals surface area contributed by atoms with Crippen LogP contribution in [0.15, 0.2) is 53.8 Å². The predicted octanol–water partition coefficient (Wildman–Crippen LogP) is 5.13. The van der Waals surface area contributed by atoms with Gasteiger partial charge in [-0.05, 0) is 63.3 Å². The number of aliphatic imine (C=N–C) groups is 1. The van der Waals surface area contributed by atoms with Gasteiger partial charge in [-0.25, -0.2) is 0 Å². The van der Waals surface area contributed by atoms with Crippen LogP contribution in [0.1, 0.15) is 18.4 Å². The van der Waals surface area contributed by atoms with Crippen LogP contribution in [0, 0.1) is 0 Å². The summed E-state index contributed by atoms with van der Waals surface area (Å²) >= 11 is 6.76. The normalized spacial score (nSPS) is 15.7. The van der Waals surface area contributed by atoms with Gasteiger partial charge in [0.05, 0.1) is 19.2 Å². The van der Waals surface area contributed by atoms with E-state index in [2.05, 4.69) is 74.3 Å². The first kappa shape index (κ1) is 25.5. The van der Waals surface area contributed by atoms with E-state index in [0.717, 1.165) is 41.3 Å². The van der Waals surface area contributed by atoms with E-state index >= 15 is 0 Å². The largest absolute Gasteiger partial charge is 0.497 e. The Balaban J connectivity index is 1.36. The number of hydrogen-bond acceptors (Lipinski definition) is 8. The van der Waals surface area contributed by atoms with Crippen LogP contribution < -0.4 is 19.3 Å². The Morgan fingerprint density at radius 1 is 0.949 bits per heavy atom. The van der Waals surface area contributed by atoms with Crippen molar-refractivity contribution in [2.24, 2.45) is 4.99 Å². The maximum Gasteiger partial charge on any atom is 0.170 e. The summed E-state index contributed by atoms with van der Waals surface area (Å²) in [6, 6.07) is 15.1. The first-order chi connectivity index (χ1) is 19.0. The van der Waals surface area contributed by atoms with Gasteiger partial charge in [-0.2, -0.15) is 0 Å². The van der Waals surface area contributed by atoms with Crippen molar-refractivity contribution in [3.63, 3.8) is 0 Å². The Kier molecular flexibility index (Phi) is 6.78. The van der Waals surface area contributed by atoms with Crippen molar-refractivity contribution in [2.75, 3.05) is 57.9 Å². The molecular weight excluding hydrogens is 514 g/mol. The Bertz CT molecular complexity index is 1530. The highest BCUT2D eigenvalue weighted by Crippen LogP contribution is 2.43. The first-order valence-electron chi connectivity index (χ1n) is 13.1. The molecule has 6 rings (SSSR count). The highest BCUT2D eigenvalue weighted by molar-refractivity contribution is 6.35. The molecule has 9 nitrogen and oxygen atoms in total. The average Bonchev–Trinajstić information content (AvgIpc) is 3.47. The third-order valence-electron chi connectivity index (χ3n) is 7.76. The fourth-order valence-corrected chi connectivity index (χ4v) is 5.88. The number of aromatic nitrogens is 3. The maximum atomic E-state index is 6.76. The zero-order valence-corrected chi connectivity index (χ0v) is 23.4. The molecule has 202 valence electrons. The number of benzene rings is 2. The zero-order valence-electron chi connectivity index (χ0n) is 22.6. The van der Waals surface area contributed by atoms with E-state index in [-0.39, 0.29) is 0 Å². The molecule has 2 aromatic heterocycles. The maximum absolute atomic E-state index is 6.76. The molecule has 2 aromatic carbocycles. The second-order valence-corrected chi connectivity index (χ2v) is 10.5. The third kappa shape index (κ3) is 4.55. The summed E-state index contributed by atoms with van der Waals surface area (Å²) in [7, 11) is 7.55. The molecule has 0 radical (unpaired) electrons. The van der Waals surface area contributed by atoms with Gasteiger partial charge in [0.1, 0.15) is 30.3 Å². The highest BCUT2D eigenvalue weighted by Gasteiger charge is 2.25. The van der Waals surface area contributed by atoms with Crippen molar-refractivity contribution in [1.29, 1.82) is 0 Å². The molecule has 0 amide bonds. The van der Waals surface area contributed by atoms with Gasteiger partial charge in [0, 0.05) is 59.5 Å². The molecule has 0 atom stereocenters. The summed E-state index contributed by atoms with van der Waals surface area (Å²) in [5.74, 6) is 2.13. The van der Waals surface area contributed by atoms with Crippen molar-refractivity contribution in [1.82, 2.24) is 19.5 Å². The average molecular weight is 546 g/mol. The monoisotopic (exact) mass is 545 g/mol. The lowest BCUT2D eigenvalue weighted by Gasteiger charge is -2.36. The predicted molar refractivity (Wildman–Crippen MR) is 157 cm³/mol. The Morgan fingerprint density at radius 2 is 1.69 bits per heavy atom. The molecule has 0 aliphatic carbocycles. The van der Waals surface area contributed by atoms with Crippen LogP contribution in [-0.4, -0.2) is 79.8 Å². The first-order valence-corrected chi connectivity index (χ1v) is 13.4. The van der Waals surface area contributed by atoms with Crippen LogP contribution in [0.2, 0.25) is 5.02 Å². The van der Waals surface area contributed by atoms with Crippen LogP contribution in [0.25, 0.3) is 16.8 Å². The molecule has 1 saturated heterocycles. The van der Waals surface area contributed by atoms with Gasteiger partial charge < -0.3 is 24.2 Å². The summed E-state index contributed by atoms with van der Waals surface area (Å²) in [5, 5.41) is 9.21. The molecular formula is C29H32ClN7O2. The molecule has 0 spiro atoms. The smallest absolute Gasteiger partial charge is 0.170 e. The third-order valence-corrected chi connectivity index (χ3v) is 8.15. The van der Waals surface area contributed by atoms with Crippen molar-refractivity contribution in [3.8, 4) is 22.6 Å². The van der Waals surface area contributed by atoms with Gasteiger partial charge in [-0.3, -0.25) is 9.39 Å². The summed E-state index contributed by atoms with van der Waals surface area (Å²) in [5.41, 5.74) is 5.51. The number of hydrogen-bond donors (Lipinski definition) is 0. The number of anilines is 3. The van der Waals surface area contributed by atoms with Crippen LogP contribution in [0.5, 0.6) is 11.5 Å². The van der Waals surface area contributed by atoms with Gasteiger partial charge in [0.15, 0.2) is 5.65 Å². The lowest BCUT2D eigenvalue weighted by Crippen LogP contribution is -2.41. The quantitative estimate of drug-likeness (QED) is 0.333. The Morgan fingerprint density at radius 3 is 2.38 bits per heavy atom. The number of pyridine rings is 1. The number of nitrogens with zero attached hydrogens (tertiary/aromatic N) is 7. The van der Waals surface area contributed by atoms with Crippen LogP contribution in [-0.2, 0) is 0 Å². The summed E-state index contributed by atoms with van der Waals surface area (Å²) in [4.78, 5) is 11.7. The molecule has 4 heterocycles. The van der Waals surface area contributed by atoms with Crippen molar-refractivity contribution in [3.05, 3.63) is 59.4 Å². The molecule has 10 heteroatoms. The summed E-state index contributed by atoms with van der Waals surface area (Å²) in [6.07, 6.45) is 5.99. The minimum Gasteiger partial charge on any atom is -0.497 e. The molecule has 0 bridgehead atoms. The molecule has 2 aliphatic rings. The number of halogens is 1. The molecule has 39 heavy (non-hydrogen) atoms. The number of methoxy groups -OCH3 is 2. The molecule has 0 saturated carbocycles. The fraction of sp³-hybridized carbons (Fsp3) is 0.345. The Labute approximate surface area is 233 Å². The number of piperidine rings is 1. The standard InChI is InChI=1S/C29H32ClN7O2/c1-34(2)20-9-11-35(12-10-20)21-5-7-22(8-6-21)36-17-31-16-19-13-25(28-33-32-18-37(28)29(19)36)24-14-23(38-3)15-26(39-4)27(24)30/h5-8,13-16,18,20H,9-12,17H2,1-4H3. The van der Waals surface area contributed by atoms with Crippen molar-refractivity contribution in [2.45, 2.75) is 18.9 Å². The van der Waals surface area contributed by atoms with Gasteiger partial charge in [-0.1, -0.05) is 11.6 Å². The van der Waals surface area contributed by atoms with Gasteiger partial charge >= 0.3 is 0 Å². The van der Waals surface area contributed by atoms with Crippen LogP contribution in [0.3, 0.4) is 0 Å². The summed E-state index contributed by atoms with van der Waals surface area (Å²) in [6.45, 7) is 2.64. The lowest BCUT2D eigenvalue weighted by atomic mass is 10.0. The number of fused-ring (bicyclic) bond motifs is 3. The van der Waals surface area contributed by atoms with Crippen LogP contribution >= 0.6 is 11.6 Å². The minimum atomic E-state index is 0.484. The van der Waals surface area contributed by atoms with Crippen LogP contribution in [0.4, 0.5) is 17.2 Å². The molecule has 2 aliphatic heterocycles. The fourth-order valence-electron chi connectivity index (χ4n) is 5.59. The second kappa shape index (κ2) is 10.4. The second-order valence-electron chi connectivity index (χ2n) is 10.1. The summed E-state index contributed by atoms with van der Waals surface area (Å²) < 4.78 is 13.0. The van der Waals surface area contributed by atoms with Crippen molar-refractivity contribution >= 4 is 40.7 Å². The SMILES string of the molecule is COc1cc(OC)c(Cl)c(-c2cc3c(n4cnnc24)N(c2ccc(N4CCC(N(C)C)CC4)cc2)CN=C3)c1. The molecule has 0 N–H and O–H groups in total. The van der Waals surface area contributed by atoms with E-state index in [0.29, 0.717) is 34.9 Å². The van der Waals surface area contributed by atoms with E-state index in [1.54, 1.807) is 26.6 Å². The van der Waals surface area contributed by atoms with E-state index in [9.17, 15) is 0 Å². The lowest BCUT2D eigenvalue weighted by molar-refractivity contribution is 0.249. The van der Waals surface area contributed by atoms with E-state index < -0.39 is 0 Å². The topological polar surface area (TPSA) is 70.7 Å². The Hall–Kier alpha value is -3.82. The van der Waals surface area contributed by atoms with Crippen molar-refractivity contribution < 1.29 is 9.47 Å². The molecule has 4 aromatic rings. The minimum absolute atomic E-state index is 0.484. The van der Waals surface area contributed by atoms with E-state index in [1.165, 1.54) is 18.5 Å². The number of rotatable bonds is 6. The molecule has 0 unspecified atom stereocenters. The zero-order chi connectivity index (χ0) is 27.1. The van der Waals surface area contributed by atoms with E-state index in [1.807, 2.05) is 16.7 Å². The molecule has 1 fully saturated rings. The van der Waals surface area contributed by atoms with E-state index in [4.69, 9.17) is 21.1 Å². The van der Waals surface area contributed by atoms with Gasteiger partial charge in [0.25, 0.3) is 0 Å². The van der Waals surface area contributed by atoms with Gasteiger partial charge in [0.2, 0.25) is 0 Å². The number of ether oxygens (including phenoxy) is 2. The van der Waals surface area contributed by atoms with Gasteiger partial charge in [-0.15, -0.1) is 10.2 Å². The highest BCUT2D eigenvalue weighted by atomic mass is 35.5.